The van der Waals surface area contributed by atoms with Gasteiger partial charge in [0.05, 0.1) is 22.6 Å². The molecule has 0 saturated carbocycles. The van der Waals surface area contributed by atoms with Crippen LogP contribution in [0.1, 0.15) is 26.3 Å². The second kappa shape index (κ2) is 8.42. The van der Waals surface area contributed by atoms with Crippen molar-refractivity contribution < 1.29 is 19.2 Å². The van der Waals surface area contributed by atoms with Gasteiger partial charge in [-0.25, -0.2) is 4.79 Å². The predicted octanol–water partition coefficient (Wildman–Crippen LogP) is 5.32. The van der Waals surface area contributed by atoms with Gasteiger partial charge in [-0.1, -0.05) is 41.4 Å². The lowest BCUT2D eigenvalue weighted by Crippen LogP contribution is -2.14. The quantitative estimate of drug-likeness (QED) is 0.335. The highest BCUT2D eigenvalue weighted by Crippen LogP contribution is 2.37. The largest absolute Gasteiger partial charge is 0.465 e. The van der Waals surface area contributed by atoms with Crippen LogP contribution < -0.4 is 5.32 Å². The Kier molecular flexibility index (Phi) is 5.95. The Hall–Kier alpha value is -3.23. The minimum absolute atomic E-state index is 0.0540. The molecule has 0 aliphatic rings. The number of amides is 1. The highest BCUT2D eigenvalue weighted by Gasteiger charge is 2.24. The van der Waals surface area contributed by atoms with Crippen molar-refractivity contribution >= 4 is 45.5 Å². The molecule has 7 nitrogen and oxygen atoms in total. The fourth-order valence-electron chi connectivity index (χ4n) is 2.67. The number of nitro benzene ring substituents is 1. The molecule has 1 amide bonds. The smallest absolute Gasteiger partial charge is 0.341 e. The van der Waals surface area contributed by atoms with Crippen molar-refractivity contribution in [3.63, 3.8) is 0 Å². The van der Waals surface area contributed by atoms with Gasteiger partial charge in [0, 0.05) is 23.1 Å². The molecule has 0 radical (unpaired) electrons. The van der Waals surface area contributed by atoms with Crippen molar-refractivity contribution in [2.75, 3.05) is 12.4 Å². The molecule has 3 aromatic rings. The van der Waals surface area contributed by atoms with E-state index in [1.54, 1.807) is 5.38 Å². The molecule has 29 heavy (non-hydrogen) atoms. The van der Waals surface area contributed by atoms with E-state index < -0.39 is 16.8 Å². The third-order valence-electron chi connectivity index (χ3n) is 4.18. The van der Waals surface area contributed by atoms with Crippen LogP contribution in [-0.4, -0.2) is 23.9 Å². The molecule has 0 aliphatic heterocycles. The van der Waals surface area contributed by atoms with Crippen LogP contribution in [0.15, 0.2) is 47.8 Å². The van der Waals surface area contributed by atoms with E-state index in [4.69, 9.17) is 16.3 Å². The number of carbonyl (C=O) groups is 2. The summed E-state index contributed by atoms with van der Waals surface area (Å²) in [5.74, 6) is -1.18. The number of esters is 1. The number of methoxy groups -OCH3 is 1. The molecule has 0 aliphatic carbocycles. The summed E-state index contributed by atoms with van der Waals surface area (Å²) >= 11 is 7.20. The van der Waals surface area contributed by atoms with Gasteiger partial charge < -0.3 is 10.1 Å². The molecule has 1 N–H and O–H groups in total. The van der Waals surface area contributed by atoms with Crippen molar-refractivity contribution in [3.8, 4) is 11.1 Å². The summed E-state index contributed by atoms with van der Waals surface area (Å²) in [5, 5.41) is 15.5. The molecule has 2 aromatic carbocycles. The second-order valence-corrected chi connectivity index (χ2v) is 7.37. The number of hydrogen-bond acceptors (Lipinski definition) is 6. The number of anilines is 1. The van der Waals surface area contributed by atoms with E-state index in [0.29, 0.717) is 10.6 Å². The first-order valence-corrected chi connectivity index (χ1v) is 9.59. The summed E-state index contributed by atoms with van der Waals surface area (Å²) in [6, 6.07) is 11.2. The molecule has 0 saturated heterocycles. The van der Waals surface area contributed by atoms with Crippen LogP contribution in [0.3, 0.4) is 0 Å². The second-order valence-electron chi connectivity index (χ2n) is 6.09. The maximum atomic E-state index is 12.7. The topological polar surface area (TPSA) is 98.5 Å². The molecule has 1 heterocycles. The van der Waals surface area contributed by atoms with Crippen LogP contribution in [0.4, 0.5) is 10.7 Å². The average Bonchev–Trinajstić information content (AvgIpc) is 3.11. The zero-order valence-corrected chi connectivity index (χ0v) is 17.0. The van der Waals surface area contributed by atoms with E-state index >= 15 is 0 Å². The Balaban J connectivity index is 1.97. The number of nitro groups is 1. The van der Waals surface area contributed by atoms with E-state index in [9.17, 15) is 19.7 Å². The monoisotopic (exact) mass is 430 g/mol. The number of halogens is 1. The van der Waals surface area contributed by atoms with E-state index in [0.717, 1.165) is 17.2 Å². The standard InChI is InChI=1S/C20H15ClN2O5S/c1-11-3-5-12(6-4-11)15-10-29-19(17(15)20(25)28-2)22-18(24)14-8-7-13(23(26)27)9-16(14)21/h3-10H,1-2H3,(H,22,24). The zero-order valence-electron chi connectivity index (χ0n) is 15.4. The maximum Gasteiger partial charge on any atom is 0.341 e. The number of ether oxygens (including phenoxy) is 1. The summed E-state index contributed by atoms with van der Waals surface area (Å²) in [7, 11) is 1.26. The molecule has 0 unspecified atom stereocenters. The van der Waals surface area contributed by atoms with Crippen LogP contribution in [0.25, 0.3) is 11.1 Å². The van der Waals surface area contributed by atoms with Crippen LogP contribution in [0.2, 0.25) is 5.02 Å². The number of rotatable bonds is 5. The van der Waals surface area contributed by atoms with Gasteiger partial charge in [-0.2, -0.15) is 0 Å². The number of thiophene rings is 1. The Labute approximate surface area is 175 Å². The lowest BCUT2D eigenvalue weighted by Gasteiger charge is -2.09. The summed E-state index contributed by atoms with van der Waals surface area (Å²) in [6.45, 7) is 1.96. The highest BCUT2D eigenvalue weighted by molar-refractivity contribution is 7.15. The lowest BCUT2D eigenvalue weighted by molar-refractivity contribution is -0.384. The van der Waals surface area contributed by atoms with Gasteiger partial charge in [0.1, 0.15) is 10.6 Å². The van der Waals surface area contributed by atoms with Crippen LogP contribution >= 0.6 is 22.9 Å². The molecule has 0 spiro atoms. The summed E-state index contributed by atoms with van der Waals surface area (Å²) in [4.78, 5) is 35.3. The maximum absolute atomic E-state index is 12.7. The van der Waals surface area contributed by atoms with E-state index in [1.807, 2.05) is 31.2 Å². The summed E-state index contributed by atoms with van der Waals surface area (Å²) < 4.78 is 4.89. The van der Waals surface area contributed by atoms with Gasteiger partial charge in [0.15, 0.2) is 0 Å². The predicted molar refractivity (Wildman–Crippen MR) is 112 cm³/mol. The first-order chi connectivity index (χ1) is 13.8. The number of aryl methyl sites for hydroxylation is 1. The van der Waals surface area contributed by atoms with E-state index in [-0.39, 0.29) is 21.8 Å². The van der Waals surface area contributed by atoms with Gasteiger partial charge in [-0.15, -0.1) is 11.3 Å². The molecule has 0 atom stereocenters. The first-order valence-electron chi connectivity index (χ1n) is 8.34. The molecule has 0 fully saturated rings. The van der Waals surface area contributed by atoms with Crippen molar-refractivity contribution in [1.29, 1.82) is 0 Å². The molecule has 9 heteroatoms. The number of benzene rings is 2. The fourth-order valence-corrected chi connectivity index (χ4v) is 3.89. The number of non-ortho nitro benzene ring substituents is 1. The molecule has 3 rings (SSSR count). The van der Waals surface area contributed by atoms with Gasteiger partial charge in [0.25, 0.3) is 11.6 Å². The Morgan fingerprint density at radius 1 is 1.17 bits per heavy atom. The third kappa shape index (κ3) is 4.28. The van der Waals surface area contributed by atoms with Crippen molar-refractivity contribution in [2.24, 2.45) is 0 Å². The zero-order chi connectivity index (χ0) is 21.1. The van der Waals surface area contributed by atoms with Crippen LogP contribution in [-0.2, 0) is 4.74 Å². The van der Waals surface area contributed by atoms with Crippen molar-refractivity contribution in [3.05, 3.63) is 79.7 Å². The van der Waals surface area contributed by atoms with E-state index in [1.165, 1.54) is 30.6 Å². The lowest BCUT2D eigenvalue weighted by atomic mass is 10.0. The SMILES string of the molecule is COC(=O)c1c(-c2ccc(C)cc2)csc1NC(=O)c1ccc([N+](=O)[O-])cc1Cl. The molecule has 1 aromatic heterocycles. The number of nitrogens with zero attached hydrogens (tertiary/aromatic N) is 1. The minimum Gasteiger partial charge on any atom is -0.465 e. The molecular weight excluding hydrogens is 416 g/mol. The van der Waals surface area contributed by atoms with E-state index in [2.05, 4.69) is 5.32 Å². The number of nitrogens with one attached hydrogen (secondary N) is 1. The fraction of sp³-hybridized carbons (Fsp3) is 0.100. The number of hydrogen-bond donors (Lipinski definition) is 1. The highest BCUT2D eigenvalue weighted by atomic mass is 35.5. The van der Waals surface area contributed by atoms with Crippen LogP contribution in [0.5, 0.6) is 0 Å². The van der Waals surface area contributed by atoms with Gasteiger partial charge in [-0.05, 0) is 18.6 Å². The van der Waals surface area contributed by atoms with Crippen LogP contribution in [0, 0.1) is 17.0 Å². The first kappa shape index (κ1) is 20.5. The Bertz CT molecular complexity index is 1110. The third-order valence-corrected chi connectivity index (χ3v) is 5.39. The Morgan fingerprint density at radius 3 is 2.45 bits per heavy atom. The average molecular weight is 431 g/mol. The minimum atomic E-state index is -0.601. The van der Waals surface area contributed by atoms with Gasteiger partial charge in [-0.3, -0.25) is 14.9 Å². The summed E-state index contributed by atoms with van der Waals surface area (Å²) in [5.41, 5.74) is 2.57. The molecular formula is C20H15ClN2O5S. The molecule has 148 valence electrons. The van der Waals surface area contributed by atoms with Crippen molar-refractivity contribution in [1.82, 2.24) is 0 Å². The molecule has 0 bridgehead atoms. The van der Waals surface area contributed by atoms with Crippen molar-refractivity contribution in [2.45, 2.75) is 6.92 Å². The normalized spacial score (nSPS) is 10.4. The van der Waals surface area contributed by atoms with Gasteiger partial charge >= 0.3 is 5.97 Å². The summed E-state index contributed by atoms with van der Waals surface area (Å²) in [6.07, 6.45) is 0. The number of carbonyl (C=O) groups excluding carboxylic acids is 2. The van der Waals surface area contributed by atoms with Gasteiger partial charge in [0.2, 0.25) is 0 Å². The Morgan fingerprint density at radius 2 is 1.86 bits per heavy atom.